The molecule has 3 amide bonds. The maximum Gasteiger partial charge on any atom is 0.409 e. The summed E-state index contributed by atoms with van der Waals surface area (Å²) in [5.41, 5.74) is 0. The first-order valence-electron chi connectivity index (χ1n) is 8.53. The lowest BCUT2D eigenvalue weighted by Gasteiger charge is -2.27. The van der Waals surface area contributed by atoms with Crippen LogP contribution in [-0.2, 0) is 11.2 Å². The monoisotopic (exact) mass is 365 g/mol. The van der Waals surface area contributed by atoms with Gasteiger partial charge in [-0.2, -0.15) is 0 Å². The van der Waals surface area contributed by atoms with Crippen LogP contribution in [0.25, 0.3) is 0 Å². The number of likely N-dealkylation sites (N-methyl/N-ethyl adjacent to an activating group) is 1. The summed E-state index contributed by atoms with van der Waals surface area (Å²) < 4.78 is 5.47. The molecule has 2 aliphatic rings. The minimum absolute atomic E-state index is 0.190. The van der Waals surface area contributed by atoms with Crippen molar-refractivity contribution in [1.82, 2.24) is 20.4 Å². The zero-order valence-corrected chi connectivity index (χ0v) is 15.3. The predicted octanol–water partition coefficient (Wildman–Crippen LogP) is 2.52. The normalized spacial score (nSPS) is 21.0. The van der Waals surface area contributed by atoms with E-state index < -0.39 is 12.3 Å². The maximum absolute atomic E-state index is 12.4. The molecule has 1 saturated carbocycles. The summed E-state index contributed by atoms with van der Waals surface area (Å²) in [5, 5.41) is 12.4. The van der Waals surface area contributed by atoms with Crippen LogP contribution < -0.4 is 10.2 Å². The van der Waals surface area contributed by atoms with Gasteiger partial charge in [0.25, 0.3) is 0 Å². The molecule has 1 N–H and O–H groups in total. The molecule has 1 aliphatic heterocycles. The van der Waals surface area contributed by atoms with Crippen LogP contribution in [0.15, 0.2) is 12.2 Å². The van der Waals surface area contributed by atoms with E-state index in [1.807, 2.05) is 13.0 Å². The number of anilines is 1. The maximum atomic E-state index is 12.4. The summed E-state index contributed by atoms with van der Waals surface area (Å²) in [4.78, 5) is 27.4. The third-order valence-corrected chi connectivity index (χ3v) is 5.33. The number of ether oxygens (including phenoxy) is 1. The van der Waals surface area contributed by atoms with E-state index >= 15 is 0 Å². The zero-order valence-electron chi connectivity index (χ0n) is 14.5. The van der Waals surface area contributed by atoms with Gasteiger partial charge in [0.05, 0.1) is 6.54 Å². The Bertz CT molecular complexity index is 658. The fraction of sp³-hybridized carbons (Fsp3) is 0.625. The van der Waals surface area contributed by atoms with Crippen molar-refractivity contribution < 1.29 is 14.3 Å². The van der Waals surface area contributed by atoms with Crippen LogP contribution in [0.5, 0.6) is 0 Å². The fourth-order valence-electron chi connectivity index (χ4n) is 2.69. The number of urea groups is 1. The van der Waals surface area contributed by atoms with Crippen molar-refractivity contribution in [2.45, 2.75) is 51.3 Å². The van der Waals surface area contributed by atoms with Crippen LogP contribution in [0.2, 0.25) is 0 Å². The van der Waals surface area contributed by atoms with Gasteiger partial charge in [0.2, 0.25) is 11.4 Å². The molecule has 1 aromatic heterocycles. The number of allylic oxidation sites excluding steroid dienone is 2. The third kappa shape index (κ3) is 4.09. The van der Waals surface area contributed by atoms with Crippen LogP contribution in [-0.4, -0.2) is 53.1 Å². The van der Waals surface area contributed by atoms with E-state index in [-0.39, 0.29) is 12.1 Å². The Hall–Kier alpha value is -2.16. The summed E-state index contributed by atoms with van der Waals surface area (Å²) in [6.07, 6.45) is 7.62. The van der Waals surface area contributed by atoms with Crippen molar-refractivity contribution >= 4 is 28.6 Å². The molecule has 3 rings (SSSR count). The van der Waals surface area contributed by atoms with E-state index in [2.05, 4.69) is 21.6 Å². The molecule has 0 spiro atoms. The molecule has 1 atom stereocenters. The molecule has 9 heteroatoms. The topological polar surface area (TPSA) is 87.7 Å². The van der Waals surface area contributed by atoms with E-state index in [1.165, 1.54) is 21.1 Å². The van der Waals surface area contributed by atoms with E-state index in [4.69, 9.17) is 4.74 Å². The number of nitrogens with one attached hydrogen (secondary N) is 1. The second-order valence-corrected chi connectivity index (χ2v) is 7.29. The molecule has 1 unspecified atom stereocenters. The lowest BCUT2D eigenvalue weighted by atomic mass is 9.93. The van der Waals surface area contributed by atoms with E-state index in [0.717, 1.165) is 37.1 Å². The van der Waals surface area contributed by atoms with Crippen LogP contribution in [0.3, 0.4) is 0 Å². The molecule has 0 radical (unpaired) electrons. The Morgan fingerprint density at radius 1 is 1.44 bits per heavy atom. The quantitative estimate of drug-likeness (QED) is 0.783. The molecule has 1 aliphatic carbocycles. The van der Waals surface area contributed by atoms with Crippen molar-refractivity contribution in [3.63, 3.8) is 0 Å². The summed E-state index contributed by atoms with van der Waals surface area (Å²) in [5.74, 6) is 0. The lowest BCUT2D eigenvalue weighted by Crippen LogP contribution is -2.44. The van der Waals surface area contributed by atoms with Gasteiger partial charge < -0.3 is 15.0 Å². The molecule has 2 fully saturated rings. The number of amides is 3. The minimum Gasteiger partial charge on any atom is -0.423 e. The second kappa shape index (κ2) is 7.81. The number of rotatable bonds is 6. The van der Waals surface area contributed by atoms with Crippen LogP contribution in [0.4, 0.5) is 14.7 Å². The predicted molar refractivity (Wildman–Crippen MR) is 94.6 cm³/mol. The highest BCUT2D eigenvalue weighted by atomic mass is 32.1. The lowest BCUT2D eigenvalue weighted by molar-refractivity contribution is 0.0960. The smallest absolute Gasteiger partial charge is 0.409 e. The molecule has 8 nitrogen and oxygen atoms in total. The number of hydrogen-bond donors (Lipinski definition) is 1. The van der Waals surface area contributed by atoms with Crippen molar-refractivity contribution in [2.24, 2.45) is 0 Å². The molecule has 136 valence electrons. The van der Waals surface area contributed by atoms with Crippen LogP contribution in [0, 0.1) is 0 Å². The van der Waals surface area contributed by atoms with E-state index in [9.17, 15) is 9.59 Å². The molecular formula is C16H23N5O3S. The third-order valence-electron chi connectivity index (χ3n) is 4.34. The Kier molecular flexibility index (Phi) is 5.52. The SMILES string of the molecule is CC=CCCc1nnc(N2C(=O)N(C)CC2OC(=O)NC2CCC2)s1. The number of alkyl carbamates (subject to hydrolysis) is 1. The highest BCUT2D eigenvalue weighted by Crippen LogP contribution is 2.28. The summed E-state index contributed by atoms with van der Waals surface area (Å²) in [6.45, 7) is 2.28. The summed E-state index contributed by atoms with van der Waals surface area (Å²) >= 11 is 1.36. The van der Waals surface area contributed by atoms with E-state index in [1.54, 1.807) is 7.05 Å². The van der Waals surface area contributed by atoms with Gasteiger partial charge in [-0.3, -0.25) is 0 Å². The Morgan fingerprint density at radius 2 is 2.24 bits per heavy atom. The number of aromatic nitrogens is 2. The minimum atomic E-state index is -0.686. The van der Waals surface area contributed by atoms with Gasteiger partial charge >= 0.3 is 12.1 Å². The first kappa shape index (κ1) is 17.7. The summed E-state index contributed by atoms with van der Waals surface area (Å²) in [6, 6.07) is -0.0480. The van der Waals surface area contributed by atoms with Gasteiger partial charge in [-0.15, -0.1) is 10.2 Å². The molecule has 2 heterocycles. The molecule has 1 saturated heterocycles. The summed E-state index contributed by atoms with van der Waals surface area (Å²) in [7, 11) is 1.68. The van der Waals surface area contributed by atoms with Crippen LogP contribution >= 0.6 is 11.3 Å². The average Bonchev–Trinajstić information content (AvgIpc) is 3.09. The number of nitrogens with zero attached hydrogens (tertiary/aromatic N) is 4. The van der Waals surface area contributed by atoms with Gasteiger partial charge in [-0.1, -0.05) is 23.5 Å². The fourth-order valence-corrected chi connectivity index (χ4v) is 3.58. The highest BCUT2D eigenvalue weighted by molar-refractivity contribution is 7.15. The van der Waals surface area contributed by atoms with E-state index in [0.29, 0.717) is 11.7 Å². The first-order valence-corrected chi connectivity index (χ1v) is 9.35. The number of hydrogen-bond acceptors (Lipinski definition) is 6. The van der Waals surface area contributed by atoms with Crippen molar-refractivity contribution in [1.29, 1.82) is 0 Å². The zero-order chi connectivity index (χ0) is 17.8. The molecular weight excluding hydrogens is 342 g/mol. The first-order chi connectivity index (χ1) is 12.1. The number of aryl methyl sites for hydroxylation is 1. The molecule has 1 aromatic rings. The van der Waals surface area contributed by atoms with Gasteiger partial charge in [-0.25, -0.2) is 14.5 Å². The Morgan fingerprint density at radius 3 is 2.92 bits per heavy atom. The Labute approximate surface area is 150 Å². The standard InChI is InChI=1S/C16H23N5O3S/c1-3-4-5-9-12-18-19-14(25-12)21-13(10-20(2)16(21)23)24-15(22)17-11-7-6-8-11/h3-4,11,13H,5-10H2,1-2H3,(H,17,22). The number of carbonyl (C=O) groups is 2. The highest BCUT2D eigenvalue weighted by Gasteiger charge is 2.41. The largest absolute Gasteiger partial charge is 0.423 e. The Balaban J connectivity index is 1.65. The van der Waals surface area contributed by atoms with Crippen molar-refractivity contribution in [2.75, 3.05) is 18.5 Å². The number of carbonyl (C=O) groups excluding carboxylic acids is 2. The van der Waals surface area contributed by atoms with Gasteiger partial charge in [0, 0.05) is 19.5 Å². The van der Waals surface area contributed by atoms with Gasteiger partial charge in [0.1, 0.15) is 5.01 Å². The molecule has 25 heavy (non-hydrogen) atoms. The average molecular weight is 365 g/mol. The second-order valence-electron chi connectivity index (χ2n) is 6.25. The molecule has 0 aromatic carbocycles. The molecule has 0 bridgehead atoms. The van der Waals surface area contributed by atoms with Gasteiger partial charge in [0.15, 0.2) is 0 Å². The van der Waals surface area contributed by atoms with Crippen molar-refractivity contribution in [3.05, 3.63) is 17.2 Å². The van der Waals surface area contributed by atoms with Crippen molar-refractivity contribution in [3.8, 4) is 0 Å². The van der Waals surface area contributed by atoms with Gasteiger partial charge in [-0.05, 0) is 32.6 Å². The van der Waals surface area contributed by atoms with Crippen LogP contribution in [0.1, 0.15) is 37.6 Å².